The van der Waals surface area contributed by atoms with E-state index in [-0.39, 0.29) is 11.9 Å². The highest BCUT2D eigenvalue weighted by atomic mass is 16.5. The van der Waals surface area contributed by atoms with Gasteiger partial charge in [0.05, 0.1) is 19.6 Å². The Hall–Kier alpha value is -1.71. The van der Waals surface area contributed by atoms with Gasteiger partial charge in [-0.05, 0) is 37.6 Å². The van der Waals surface area contributed by atoms with E-state index in [1.54, 1.807) is 7.11 Å². The monoisotopic (exact) mass is 251 g/mol. The first kappa shape index (κ1) is 14.4. The molecule has 0 aliphatic heterocycles. The average Bonchev–Trinajstić information content (AvgIpc) is 2.36. The fourth-order valence-electron chi connectivity index (χ4n) is 1.63. The third kappa shape index (κ3) is 3.95. The van der Waals surface area contributed by atoms with Crippen molar-refractivity contribution in [3.8, 4) is 5.75 Å². The van der Waals surface area contributed by atoms with Gasteiger partial charge >= 0.3 is 5.97 Å². The molecule has 0 bridgehead atoms. The lowest BCUT2D eigenvalue weighted by atomic mass is 10.1. The van der Waals surface area contributed by atoms with Crippen molar-refractivity contribution in [1.29, 1.82) is 0 Å². The molecule has 0 heterocycles. The summed E-state index contributed by atoms with van der Waals surface area (Å²) in [5, 5.41) is 3.22. The Labute approximate surface area is 108 Å². The topological polar surface area (TPSA) is 47.6 Å². The van der Waals surface area contributed by atoms with Crippen LogP contribution in [0.4, 0.5) is 5.69 Å². The molecule has 0 amide bonds. The molecule has 0 saturated carbocycles. The second-order valence-electron chi connectivity index (χ2n) is 4.22. The highest BCUT2D eigenvalue weighted by Crippen LogP contribution is 2.21. The van der Waals surface area contributed by atoms with Crippen molar-refractivity contribution in [2.75, 3.05) is 25.6 Å². The van der Waals surface area contributed by atoms with Crippen LogP contribution in [0, 0.1) is 12.8 Å². The fraction of sp³-hybridized carbons (Fsp3) is 0.500. The molecule has 1 unspecified atom stereocenters. The summed E-state index contributed by atoms with van der Waals surface area (Å²) in [6.07, 6.45) is 0. The van der Waals surface area contributed by atoms with Gasteiger partial charge in [-0.3, -0.25) is 4.79 Å². The van der Waals surface area contributed by atoms with Crippen molar-refractivity contribution in [2.24, 2.45) is 5.92 Å². The number of hydrogen-bond donors (Lipinski definition) is 1. The molecule has 100 valence electrons. The summed E-state index contributed by atoms with van der Waals surface area (Å²) in [6.45, 7) is 6.63. The van der Waals surface area contributed by atoms with E-state index in [0.717, 1.165) is 17.0 Å². The van der Waals surface area contributed by atoms with E-state index in [1.807, 2.05) is 39.0 Å². The van der Waals surface area contributed by atoms with Crippen LogP contribution in [-0.4, -0.2) is 26.2 Å². The number of benzene rings is 1. The van der Waals surface area contributed by atoms with Crippen LogP contribution in [0.2, 0.25) is 0 Å². The number of aryl methyl sites for hydroxylation is 1. The summed E-state index contributed by atoms with van der Waals surface area (Å²) < 4.78 is 10.1. The summed E-state index contributed by atoms with van der Waals surface area (Å²) in [5.74, 6) is 0.529. The lowest BCUT2D eigenvalue weighted by molar-refractivity contribution is -0.146. The van der Waals surface area contributed by atoms with E-state index >= 15 is 0 Å². The van der Waals surface area contributed by atoms with Crippen molar-refractivity contribution in [3.05, 3.63) is 23.8 Å². The minimum absolute atomic E-state index is 0.160. The smallest absolute Gasteiger partial charge is 0.310 e. The predicted octanol–water partition coefficient (Wildman–Crippen LogP) is 2.61. The minimum atomic E-state index is -0.171. The molecule has 1 atom stereocenters. The third-order valence-corrected chi connectivity index (χ3v) is 2.70. The predicted molar refractivity (Wildman–Crippen MR) is 72.0 cm³/mol. The molecule has 0 spiro atoms. The van der Waals surface area contributed by atoms with Crippen LogP contribution in [0.3, 0.4) is 0 Å². The molecule has 0 aromatic heterocycles. The van der Waals surface area contributed by atoms with Crippen molar-refractivity contribution in [1.82, 2.24) is 0 Å². The van der Waals surface area contributed by atoms with Crippen LogP contribution in [0.25, 0.3) is 0 Å². The number of carbonyl (C=O) groups excluding carboxylic acids is 1. The molecule has 0 radical (unpaired) electrons. The molecule has 1 N–H and O–H groups in total. The van der Waals surface area contributed by atoms with Gasteiger partial charge in [0, 0.05) is 12.2 Å². The number of methoxy groups -OCH3 is 1. The van der Waals surface area contributed by atoms with Crippen LogP contribution in [-0.2, 0) is 9.53 Å². The van der Waals surface area contributed by atoms with E-state index in [9.17, 15) is 4.79 Å². The van der Waals surface area contributed by atoms with Gasteiger partial charge < -0.3 is 14.8 Å². The second kappa shape index (κ2) is 6.89. The standard InChI is InChI=1S/C14H21NO3/c1-5-18-14(16)11(3)9-15-12-6-7-13(17-4)10(2)8-12/h6-8,11,15H,5,9H2,1-4H3. The Balaban J connectivity index is 2.53. The molecular formula is C14H21NO3. The van der Waals surface area contributed by atoms with Crippen LogP contribution < -0.4 is 10.1 Å². The van der Waals surface area contributed by atoms with Gasteiger partial charge in [-0.15, -0.1) is 0 Å². The molecule has 4 nitrogen and oxygen atoms in total. The number of hydrogen-bond acceptors (Lipinski definition) is 4. The SMILES string of the molecule is CCOC(=O)C(C)CNc1ccc(OC)c(C)c1. The Bertz CT molecular complexity index is 404. The lowest BCUT2D eigenvalue weighted by Crippen LogP contribution is -2.22. The van der Waals surface area contributed by atoms with Crippen molar-refractivity contribution >= 4 is 11.7 Å². The number of ether oxygens (including phenoxy) is 2. The number of carbonyl (C=O) groups is 1. The van der Waals surface area contributed by atoms with Gasteiger partial charge in [0.25, 0.3) is 0 Å². The first-order valence-corrected chi connectivity index (χ1v) is 6.13. The van der Waals surface area contributed by atoms with Crippen LogP contribution >= 0.6 is 0 Å². The average molecular weight is 251 g/mol. The molecule has 18 heavy (non-hydrogen) atoms. The Morgan fingerprint density at radius 2 is 2.17 bits per heavy atom. The maximum atomic E-state index is 11.4. The van der Waals surface area contributed by atoms with Gasteiger partial charge in [-0.2, -0.15) is 0 Å². The molecular weight excluding hydrogens is 230 g/mol. The van der Waals surface area contributed by atoms with E-state index in [2.05, 4.69) is 5.32 Å². The number of anilines is 1. The van der Waals surface area contributed by atoms with Gasteiger partial charge in [0.2, 0.25) is 0 Å². The summed E-state index contributed by atoms with van der Waals surface area (Å²) in [7, 11) is 1.65. The quantitative estimate of drug-likeness (QED) is 0.789. The highest BCUT2D eigenvalue weighted by Gasteiger charge is 2.13. The van der Waals surface area contributed by atoms with Gasteiger partial charge in [-0.25, -0.2) is 0 Å². The zero-order valence-electron chi connectivity index (χ0n) is 11.4. The summed E-state index contributed by atoms with van der Waals surface area (Å²) in [4.78, 5) is 11.4. The maximum absolute atomic E-state index is 11.4. The molecule has 1 aromatic rings. The van der Waals surface area contributed by atoms with Crippen LogP contribution in [0.5, 0.6) is 5.75 Å². The number of nitrogens with one attached hydrogen (secondary N) is 1. The first-order valence-electron chi connectivity index (χ1n) is 6.13. The van der Waals surface area contributed by atoms with Crippen molar-refractivity contribution in [2.45, 2.75) is 20.8 Å². The molecule has 0 fully saturated rings. The van der Waals surface area contributed by atoms with E-state index in [1.165, 1.54) is 0 Å². The fourth-order valence-corrected chi connectivity index (χ4v) is 1.63. The van der Waals surface area contributed by atoms with Crippen molar-refractivity contribution in [3.63, 3.8) is 0 Å². The van der Waals surface area contributed by atoms with Crippen LogP contribution in [0.15, 0.2) is 18.2 Å². The van der Waals surface area contributed by atoms with Crippen LogP contribution in [0.1, 0.15) is 19.4 Å². The first-order chi connectivity index (χ1) is 8.58. The molecule has 4 heteroatoms. The van der Waals surface area contributed by atoms with Crippen molar-refractivity contribution < 1.29 is 14.3 Å². The summed E-state index contributed by atoms with van der Waals surface area (Å²) in [5.41, 5.74) is 2.04. The van der Waals surface area contributed by atoms with E-state index in [0.29, 0.717) is 13.2 Å². The minimum Gasteiger partial charge on any atom is -0.496 e. The Morgan fingerprint density at radius 3 is 2.72 bits per heavy atom. The normalized spacial score (nSPS) is 11.8. The van der Waals surface area contributed by atoms with Gasteiger partial charge in [0.15, 0.2) is 0 Å². The highest BCUT2D eigenvalue weighted by molar-refractivity contribution is 5.72. The molecule has 0 aliphatic carbocycles. The molecule has 0 saturated heterocycles. The molecule has 1 rings (SSSR count). The van der Waals surface area contributed by atoms with E-state index in [4.69, 9.17) is 9.47 Å². The maximum Gasteiger partial charge on any atom is 0.310 e. The molecule has 1 aromatic carbocycles. The number of esters is 1. The molecule has 0 aliphatic rings. The third-order valence-electron chi connectivity index (χ3n) is 2.70. The Kier molecular flexibility index (Phi) is 5.49. The van der Waals surface area contributed by atoms with E-state index < -0.39 is 0 Å². The Morgan fingerprint density at radius 1 is 1.44 bits per heavy atom. The number of rotatable bonds is 6. The van der Waals surface area contributed by atoms with Gasteiger partial charge in [0.1, 0.15) is 5.75 Å². The second-order valence-corrected chi connectivity index (χ2v) is 4.22. The zero-order chi connectivity index (χ0) is 13.5. The largest absolute Gasteiger partial charge is 0.496 e. The summed E-state index contributed by atoms with van der Waals surface area (Å²) >= 11 is 0. The van der Waals surface area contributed by atoms with Gasteiger partial charge in [-0.1, -0.05) is 6.92 Å². The zero-order valence-corrected chi connectivity index (χ0v) is 11.4. The lowest BCUT2D eigenvalue weighted by Gasteiger charge is -2.13. The summed E-state index contributed by atoms with van der Waals surface area (Å²) in [6, 6.07) is 5.84.